The van der Waals surface area contributed by atoms with Crippen molar-refractivity contribution in [1.29, 1.82) is 0 Å². The summed E-state index contributed by atoms with van der Waals surface area (Å²) in [6, 6.07) is 0. The molecule has 5 atom stereocenters. The van der Waals surface area contributed by atoms with E-state index in [1.54, 1.807) is 13.8 Å². The van der Waals surface area contributed by atoms with Crippen LogP contribution in [0.3, 0.4) is 0 Å². The van der Waals surface area contributed by atoms with Crippen LogP contribution in [0.4, 0.5) is 0 Å². The van der Waals surface area contributed by atoms with Crippen molar-refractivity contribution in [3.8, 4) is 0 Å². The molecule has 0 aromatic heterocycles. The number of carbonyl (C=O) groups is 1. The number of aliphatic hydroxyl groups excluding tert-OH is 1. The normalized spacial score (nSPS) is 29.6. The summed E-state index contributed by atoms with van der Waals surface area (Å²) in [5.74, 6) is -0.309. The van der Waals surface area contributed by atoms with Gasteiger partial charge in [0.15, 0.2) is 29.0 Å². The fourth-order valence-corrected chi connectivity index (χ4v) is 5.27. The van der Waals surface area contributed by atoms with Gasteiger partial charge in [-0.3, -0.25) is 4.79 Å². The van der Waals surface area contributed by atoms with E-state index in [4.69, 9.17) is 18.3 Å². The van der Waals surface area contributed by atoms with E-state index >= 15 is 0 Å². The molecule has 0 aromatic carbocycles. The average Bonchev–Trinajstić information content (AvgIpc) is 2.52. The molecule has 1 heterocycles. The van der Waals surface area contributed by atoms with Crippen molar-refractivity contribution in [3.05, 3.63) is 0 Å². The van der Waals surface area contributed by atoms with Crippen molar-refractivity contribution in [3.63, 3.8) is 0 Å². The summed E-state index contributed by atoms with van der Waals surface area (Å²) >= 11 is 0. The van der Waals surface area contributed by atoms with E-state index in [1.807, 2.05) is 0 Å². The molecule has 0 amide bonds. The molecule has 172 valence electrons. The molecule has 0 aliphatic carbocycles. The number of carbonyl (C=O) groups excluding carboxylic acids is 1. The third kappa shape index (κ3) is 6.37. The minimum Gasteiger partial charge on any atom is -0.457 e. The summed E-state index contributed by atoms with van der Waals surface area (Å²) in [6.07, 6.45) is -3.28. The van der Waals surface area contributed by atoms with Crippen LogP contribution in [-0.2, 0) is 23.1 Å². The van der Waals surface area contributed by atoms with Gasteiger partial charge in [0.05, 0.1) is 6.10 Å². The number of hydrogen-bond acceptors (Lipinski definition) is 6. The fourth-order valence-electron chi connectivity index (χ4n) is 2.68. The smallest absolute Gasteiger partial charge is 0.305 e. The van der Waals surface area contributed by atoms with Gasteiger partial charge in [0, 0.05) is 6.42 Å². The van der Waals surface area contributed by atoms with Crippen molar-refractivity contribution in [2.75, 3.05) is 0 Å². The quantitative estimate of drug-likeness (QED) is 0.463. The molecule has 29 heavy (non-hydrogen) atoms. The van der Waals surface area contributed by atoms with Gasteiger partial charge < -0.3 is 23.4 Å². The van der Waals surface area contributed by atoms with Gasteiger partial charge in [0.25, 0.3) is 0 Å². The summed E-state index contributed by atoms with van der Waals surface area (Å²) < 4.78 is 24.8. The Kier molecular flexibility index (Phi) is 8.39. The predicted molar refractivity (Wildman–Crippen MR) is 121 cm³/mol. The molecule has 1 N–H and O–H groups in total. The first-order valence-electron chi connectivity index (χ1n) is 10.7. The van der Waals surface area contributed by atoms with Gasteiger partial charge in [0.2, 0.25) is 0 Å². The Morgan fingerprint density at radius 2 is 1.31 bits per heavy atom. The van der Waals surface area contributed by atoms with E-state index in [2.05, 4.69) is 67.7 Å². The molecule has 2 unspecified atom stereocenters. The van der Waals surface area contributed by atoms with Gasteiger partial charge >= 0.3 is 5.97 Å². The standard InChI is InChI=1S/C21H44O6Si2/c1-13-15(22)25-16-14(2)24-19(23)18(27-29(11,12)21(6,7)8)17(16)26-28(9,10)20(3,4)5/h14,16-19,23H,13H2,1-12H3/t14?,16-,17+,18?,19+/m1/s1. The van der Waals surface area contributed by atoms with Crippen LogP contribution in [0.2, 0.25) is 36.3 Å². The van der Waals surface area contributed by atoms with E-state index in [-0.39, 0.29) is 22.5 Å². The van der Waals surface area contributed by atoms with Crippen molar-refractivity contribution in [1.82, 2.24) is 0 Å². The lowest BCUT2D eigenvalue weighted by atomic mass is 10.00. The highest BCUT2D eigenvalue weighted by molar-refractivity contribution is 6.74. The van der Waals surface area contributed by atoms with Crippen LogP contribution in [0, 0.1) is 0 Å². The van der Waals surface area contributed by atoms with E-state index in [1.165, 1.54) is 0 Å². The SMILES string of the molecule is CCC(=O)O[C@@H]1C(C)O[C@H](O)C(O[Si](C)(C)C(C)(C)C)[C@H]1O[Si](C)(C)C(C)(C)C. The van der Waals surface area contributed by atoms with Crippen LogP contribution in [0.25, 0.3) is 0 Å². The van der Waals surface area contributed by atoms with Gasteiger partial charge in [-0.2, -0.15) is 0 Å². The molecule has 0 radical (unpaired) electrons. The van der Waals surface area contributed by atoms with Crippen LogP contribution in [0.15, 0.2) is 0 Å². The van der Waals surface area contributed by atoms with E-state index < -0.39 is 47.3 Å². The van der Waals surface area contributed by atoms with Crippen LogP contribution in [0.1, 0.15) is 61.8 Å². The summed E-state index contributed by atoms with van der Waals surface area (Å²) in [5, 5.41) is 10.7. The highest BCUT2D eigenvalue weighted by atomic mass is 28.4. The molecule has 1 rings (SSSR count). The maximum absolute atomic E-state index is 12.1. The highest BCUT2D eigenvalue weighted by Gasteiger charge is 2.53. The first kappa shape index (κ1) is 26.8. The monoisotopic (exact) mass is 448 g/mol. The first-order valence-corrected chi connectivity index (χ1v) is 16.5. The molecular weight excluding hydrogens is 404 g/mol. The van der Waals surface area contributed by atoms with E-state index in [0.717, 1.165) is 0 Å². The Labute approximate surface area is 179 Å². The zero-order valence-electron chi connectivity index (χ0n) is 20.6. The average molecular weight is 449 g/mol. The number of hydrogen-bond donors (Lipinski definition) is 1. The molecule has 1 aliphatic heterocycles. The molecule has 1 aliphatic rings. The van der Waals surface area contributed by atoms with E-state index in [0.29, 0.717) is 0 Å². The van der Waals surface area contributed by atoms with Crippen LogP contribution < -0.4 is 0 Å². The van der Waals surface area contributed by atoms with Gasteiger partial charge in [-0.1, -0.05) is 48.5 Å². The van der Waals surface area contributed by atoms with E-state index in [9.17, 15) is 9.90 Å². The maximum Gasteiger partial charge on any atom is 0.305 e. The maximum atomic E-state index is 12.1. The lowest BCUT2D eigenvalue weighted by Gasteiger charge is -2.51. The summed E-state index contributed by atoms with van der Waals surface area (Å²) in [5.41, 5.74) is 0. The molecule has 0 spiro atoms. The molecule has 1 saturated heterocycles. The minimum absolute atomic E-state index is 0.0413. The van der Waals surface area contributed by atoms with Crippen LogP contribution >= 0.6 is 0 Å². The Hall–Kier alpha value is -0.256. The molecule has 0 aromatic rings. The number of aliphatic hydroxyl groups is 1. The minimum atomic E-state index is -2.24. The third-order valence-corrected chi connectivity index (χ3v) is 15.7. The Morgan fingerprint density at radius 1 is 0.897 bits per heavy atom. The van der Waals surface area contributed by atoms with Crippen LogP contribution in [-0.4, -0.2) is 58.4 Å². The predicted octanol–water partition coefficient (Wildman–Crippen LogP) is 4.83. The summed E-state index contributed by atoms with van der Waals surface area (Å²) in [6.45, 7) is 25.1. The van der Waals surface area contributed by atoms with Crippen LogP contribution in [0.5, 0.6) is 0 Å². The lowest BCUT2D eigenvalue weighted by Crippen LogP contribution is -2.65. The highest BCUT2D eigenvalue weighted by Crippen LogP contribution is 2.43. The van der Waals surface area contributed by atoms with Crippen molar-refractivity contribution >= 4 is 22.6 Å². The van der Waals surface area contributed by atoms with Gasteiger partial charge in [-0.25, -0.2) is 0 Å². The van der Waals surface area contributed by atoms with Crippen molar-refractivity contribution in [2.45, 2.75) is 129 Å². The second-order valence-electron chi connectivity index (χ2n) is 11.2. The molecule has 1 fully saturated rings. The van der Waals surface area contributed by atoms with Crippen molar-refractivity contribution < 1.29 is 28.2 Å². The van der Waals surface area contributed by atoms with Gasteiger partial charge in [-0.15, -0.1) is 0 Å². The second kappa shape index (κ2) is 9.08. The lowest BCUT2D eigenvalue weighted by molar-refractivity contribution is -0.274. The summed E-state index contributed by atoms with van der Waals surface area (Å²) in [7, 11) is -4.48. The molecule has 8 heteroatoms. The Bertz CT molecular complexity index is 564. The Balaban J connectivity index is 3.37. The number of ether oxygens (including phenoxy) is 2. The molecule has 0 bridgehead atoms. The first-order chi connectivity index (χ1) is 12.8. The second-order valence-corrected chi connectivity index (χ2v) is 20.7. The number of esters is 1. The van der Waals surface area contributed by atoms with Gasteiger partial charge in [0.1, 0.15) is 12.2 Å². The largest absolute Gasteiger partial charge is 0.457 e. The summed E-state index contributed by atoms with van der Waals surface area (Å²) in [4.78, 5) is 12.1. The molecule has 6 nitrogen and oxygen atoms in total. The topological polar surface area (TPSA) is 74.2 Å². The zero-order chi connectivity index (χ0) is 23.0. The zero-order valence-corrected chi connectivity index (χ0v) is 22.6. The molecule has 0 saturated carbocycles. The molecular formula is C21H44O6Si2. The Morgan fingerprint density at radius 3 is 1.69 bits per heavy atom. The van der Waals surface area contributed by atoms with Gasteiger partial charge in [-0.05, 0) is 43.2 Å². The fraction of sp³-hybridized carbons (Fsp3) is 0.952. The van der Waals surface area contributed by atoms with Crippen molar-refractivity contribution in [2.24, 2.45) is 0 Å². The third-order valence-electron chi connectivity index (χ3n) is 6.78. The number of rotatable bonds is 6.